The molecule has 1 aromatic carbocycles. The molecule has 0 atom stereocenters. The Bertz CT molecular complexity index is 1080. The summed E-state index contributed by atoms with van der Waals surface area (Å²) in [7, 11) is 0. The molecule has 28 heavy (non-hydrogen) atoms. The summed E-state index contributed by atoms with van der Waals surface area (Å²) >= 11 is 5.02. The monoisotopic (exact) mass is 461 g/mol. The third-order valence-corrected chi connectivity index (χ3v) is 6.33. The van der Waals surface area contributed by atoms with Gasteiger partial charge in [0.25, 0.3) is 5.56 Å². The highest BCUT2D eigenvalue weighted by molar-refractivity contribution is 9.10. The molecule has 4 rings (SSSR count). The fraction of sp³-hybridized carbons (Fsp3) is 0.368. The Morgan fingerprint density at radius 3 is 2.89 bits per heavy atom. The summed E-state index contributed by atoms with van der Waals surface area (Å²) in [5.74, 6) is -0.0598. The van der Waals surface area contributed by atoms with E-state index in [-0.39, 0.29) is 18.0 Å². The van der Waals surface area contributed by atoms with Gasteiger partial charge in [-0.15, -0.1) is 11.3 Å². The van der Waals surface area contributed by atoms with Crippen LogP contribution in [0.3, 0.4) is 0 Å². The van der Waals surface area contributed by atoms with Gasteiger partial charge in [0.15, 0.2) is 5.13 Å². The zero-order valence-electron chi connectivity index (χ0n) is 15.5. The molecule has 1 aliphatic rings. The molecule has 146 valence electrons. The van der Waals surface area contributed by atoms with E-state index in [4.69, 9.17) is 0 Å². The van der Waals surface area contributed by atoms with Gasteiger partial charge in [-0.25, -0.2) is 9.97 Å². The first-order chi connectivity index (χ1) is 13.5. The van der Waals surface area contributed by atoms with Crippen molar-refractivity contribution >= 4 is 49.2 Å². The van der Waals surface area contributed by atoms with Crippen molar-refractivity contribution in [2.24, 2.45) is 0 Å². The molecule has 0 bridgehead atoms. The predicted octanol–water partition coefficient (Wildman–Crippen LogP) is 2.66. The molecule has 0 radical (unpaired) electrons. The van der Waals surface area contributed by atoms with Gasteiger partial charge in [-0.1, -0.05) is 15.9 Å². The number of hydrogen-bond acceptors (Lipinski definition) is 6. The first kappa shape index (κ1) is 19.1. The van der Waals surface area contributed by atoms with Crippen LogP contribution < -0.4 is 10.5 Å². The number of anilines is 1. The Morgan fingerprint density at radius 2 is 2.11 bits per heavy atom. The number of benzene rings is 1. The minimum absolute atomic E-state index is 0.00461. The number of aromatic nitrogens is 3. The zero-order chi connectivity index (χ0) is 19.7. The van der Waals surface area contributed by atoms with Crippen LogP contribution in [0.15, 0.2) is 39.2 Å². The lowest BCUT2D eigenvalue weighted by molar-refractivity contribution is -0.131. The molecule has 1 saturated heterocycles. The van der Waals surface area contributed by atoms with Crippen LogP contribution in [0.5, 0.6) is 0 Å². The second-order valence-electron chi connectivity index (χ2n) is 6.83. The number of hydrogen-bond donors (Lipinski definition) is 0. The number of aryl methyl sites for hydroxylation is 1. The van der Waals surface area contributed by atoms with Crippen LogP contribution in [0.4, 0.5) is 5.13 Å². The molecule has 3 heterocycles. The van der Waals surface area contributed by atoms with Crippen molar-refractivity contribution in [3.63, 3.8) is 0 Å². The molecule has 2 aromatic heterocycles. The van der Waals surface area contributed by atoms with Crippen LogP contribution in [0, 0.1) is 6.92 Å². The van der Waals surface area contributed by atoms with E-state index in [2.05, 4.69) is 30.8 Å². The minimum Gasteiger partial charge on any atom is -0.346 e. The van der Waals surface area contributed by atoms with E-state index >= 15 is 0 Å². The second-order valence-corrected chi connectivity index (χ2v) is 8.58. The van der Waals surface area contributed by atoms with Crippen molar-refractivity contribution in [1.29, 1.82) is 0 Å². The van der Waals surface area contributed by atoms with E-state index in [1.165, 1.54) is 10.9 Å². The van der Waals surface area contributed by atoms with E-state index in [1.54, 1.807) is 23.5 Å². The number of carbonyl (C=O) groups is 1. The maximum atomic E-state index is 12.8. The summed E-state index contributed by atoms with van der Waals surface area (Å²) in [4.78, 5) is 38.5. The van der Waals surface area contributed by atoms with Crippen LogP contribution >= 0.6 is 27.3 Å². The Labute approximate surface area is 174 Å². The summed E-state index contributed by atoms with van der Waals surface area (Å²) < 4.78 is 2.21. The van der Waals surface area contributed by atoms with Gasteiger partial charge in [0, 0.05) is 36.0 Å². The topological polar surface area (TPSA) is 71.3 Å². The molecule has 0 saturated carbocycles. The number of thiazole rings is 1. The van der Waals surface area contributed by atoms with Gasteiger partial charge in [0.2, 0.25) is 5.91 Å². The van der Waals surface area contributed by atoms with Gasteiger partial charge >= 0.3 is 0 Å². The Kier molecular flexibility index (Phi) is 5.45. The molecule has 7 nitrogen and oxygen atoms in total. The number of rotatable bonds is 3. The van der Waals surface area contributed by atoms with Crippen molar-refractivity contribution in [3.8, 4) is 0 Å². The van der Waals surface area contributed by atoms with Crippen LogP contribution in [0.25, 0.3) is 10.9 Å². The highest BCUT2D eigenvalue weighted by Crippen LogP contribution is 2.21. The van der Waals surface area contributed by atoms with Crippen LogP contribution in [0.2, 0.25) is 0 Å². The minimum atomic E-state index is -0.200. The van der Waals surface area contributed by atoms with Gasteiger partial charge in [0.1, 0.15) is 6.54 Å². The molecular weight excluding hydrogens is 442 g/mol. The molecule has 0 N–H and O–H groups in total. The molecular formula is C19H20BrN5O2S. The summed E-state index contributed by atoms with van der Waals surface area (Å²) in [6.07, 6.45) is 2.33. The molecule has 1 fully saturated rings. The summed E-state index contributed by atoms with van der Waals surface area (Å²) in [5, 5.41) is 3.55. The maximum Gasteiger partial charge on any atom is 0.261 e. The van der Waals surface area contributed by atoms with Gasteiger partial charge in [0.05, 0.1) is 22.9 Å². The van der Waals surface area contributed by atoms with E-state index in [0.29, 0.717) is 24.0 Å². The number of amides is 1. The lowest BCUT2D eigenvalue weighted by atomic mass is 10.2. The van der Waals surface area contributed by atoms with Crippen LogP contribution in [-0.4, -0.2) is 51.5 Å². The van der Waals surface area contributed by atoms with Gasteiger partial charge < -0.3 is 9.80 Å². The highest BCUT2D eigenvalue weighted by Gasteiger charge is 2.21. The third kappa shape index (κ3) is 3.95. The molecule has 1 aliphatic heterocycles. The Hall–Kier alpha value is -2.26. The quantitative estimate of drug-likeness (QED) is 0.599. The number of fused-ring (bicyclic) bond motifs is 1. The number of nitrogens with zero attached hydrogens (tertiary/aromatic N) is 5. The molecule has 3 aromatic rings. The molecule has 0 unspecified atom stereocenters. The largest absolute Gasteiger partial charge is 0.346 e. The Morgan fingerprint density at radius 1 is 1.25 bits per heavy atom. The molecule has 9 heteroatoms. The van der Waals surface area contributed by atoms with Crippen LogP contribution in [-0.2, 0) is 11.3 Å². The number of halogens is 1. The van der Waals surface area contributed by atoms with E-state index < -0.39 is 0 Å². The smallest absolute Gasteiger partial charge is 0.261 e. The van der Waals surface area contributed by atoms with Crippen molar-refractivity contribution in [3.05, 3.63) is 50.4 Å². The molecule has 0 spiro atoms. The maximum absolute atomic E-state index is 12.8. The zero-order valence-corrected chi connectivity index (χ0v) is 17.9. The average Bonchev–Trinajstić information content (AvgIpc) is 2.96. The normalized spacial score (nSPS) is 15.1. The second kappa shape index (κ2) is 8.00. The van der Waals surface area contributed by atoms with Crippen molar-refractivity contribution in [1.82, 2.24) is 19.4 Å². The van der Waals surface area contributed by atoms with E-state index in [0.717, 1.165) is 34.8 Å². The van der Waals surface area contributed by atoms with Gasteiger partial charge in [-0.05, 0) is 31.5 Å². The van der Waals surface area contributed by atoms with E-state index in [1.807, 2.05) is 23.3 Å². The highest BCUT2D eigenvalue weighted by atomic mass is 79.9. The summed E-state index contributed by atoms with van der Waals surface area (Å²) in [6.45, 7) is 4.92. The number of carbonyl (C=O) groups excluding carboxylic acids is 1. The average molecular weight is 462 g/mol. The molecule has 1 amide bonds. The standard InChI is InChI=1S/C19H20BrN5O2S/c1-13-11-28-19(22-13)24-6-2-5-23(7-8-24)17(26)10-25-12-21-16-4-3-14(20)9-15(16)18(25)27/h3-4,9,11-12H,2,5-8,10H2,1H3. The summed E-state index contributed by atoms with van der Waals surface area (Å²) in [5.41, 5.74) is 1.45. The van der Waals surface area contributed by atoms with Crippen molar-refractivity contribution < 1.29 is 4.79 Å². The summed E-state index contributed by atoms with van der Waals surface area (Å²) in [6, 6.07) is 5.37. The Balaban J connectivity index is 1.47. The van der Waals surface area contributed by atoms with Gasteiger partial charge in [-0.2, -0.15) is 0 Å². The van der Waals surface area contributed by atoms with Crippen molar-refractivity contribution in [2.45, 2.75) is 19.9 Å². The first-order valence-corrected chi connectivity index (χ1v) is 10.8. The van der Waals surface area contributed by atoms with E-state index in [9.17, 15) is 9.59 Å². The third-order valence-electron chi connectivity index (χ3n) is 4.82. The fourth-order valence-corrected chi connectivity index (χ4v) is 4.55. The van der Waals surface area contributed by atoms with Crippen molar-refractivity contribution in [2.75, 3.05) is 31.1 Å². The molecule has 0 aliphatic carbocycles. The lowest BCUT2D eigenvalue weighted by Crippen LogP contribution is -2.39. The lowest BCUT2D eigenvalue weighted by Gasteiger charge is -2.22. The van der Waals surface area contributed by atoms with Crippen LogP contribution in [0.1, 0.15) is 12.1 Å². The predicted molar refractivity (Wildman–Crippen MR) is 114 cm³/mol. The van der Waals surface area contributed by atoms with Gasteiger partial charge in [-0.3, -0.25) is 14.2 Å². The fourth-order valence-electron chi connectivity index (χ4n) is 3.33. The SMILES string of the molecule is Cc1csc(N2CCCN(C(=O)Cn3cnc4ccc(Br)cc4c3=O)CC2)n1. The first-order valence-electron chi connectivity index (χ1n) is 9.11.